The van der Waals surface area contributed by atoms with Gasteiger partial charge in [-0.25, -0.2) is 4.79 Å². The Kier molecular flexibility index (Phi) is 3.25. The number of phenols is 1. The number of rotatable bonds is 0. The van der Waals surface area contributed by atoms with E-state index in [1.807, 2.05) is 20.8 Å². The first-order valence-corrected chi connectivity index (χ1v) is 7.35. The average molecular weight is 307 g/mol. The van der Waals surface area contributed by atoms with E-state index in [-0.39, 0.29) is 11.8 Å². The molecule has 0 saturated carbocycles. The van der Waals surface area contributed by atoms with Crippen LogP contribution in [-0.2, 0) is 4.74 Å². The molecule has 2 aliphatic heterocycles. The Balaban J connectivity index is 1.70. The van der Waals surface area contributed by atoms with Gasteiger partial charge in [-0.15, -0.1) is 0 Å². The molecule has 1 aromatic carbocycles. The van der Waals surface area contributed by atoms with Gasteiger partial charge < -0.3 is 24.6 Å². The van der Waals surface area contributed by atoms with Crippen molar-refractivity contribution in [1.29, 1.82) is 0 Å². The molecule has 22 heavy (non-hydrogen) atoms. The van der Waals surface area contributed by atoms with E-state index in [2.05, 4.69) is 0 Å². The Bertz CT molecular complexity index is 601. The molecule has 2 N–H and O–H groups in total. The fourth-order valence-electron chi connectivity index (χ4n) is 2.92. The number of hydrogen-bond donors (Lipinski definition) is 2. The molecule has 2 aliphatic rings. The molecule has 2 heterocycles. The summed E-state index contributed by atoms with van der Waals surface area (Å²) in [4.78, 5) is 13.6. The van der Waals surface area contributed by atoms with Crippen LogP contribution in [0.1, 0.15) is 38.9 Å². The third-order valence-corrected chi connectivity index (χ3v) is 3.86. The predicted octanol–water partition coefficient (Wildman–Crippen LogP) is 2.20. The number of likely N-dealkylation sites (tertiary alicyclic amines) is 1. The summed E-state index contributed by atoms with van der Waals surface area (Å²) >= 11 is 0. The lowest BCUT2D eigenvalue weighted by Crippen LogP contribution is -2.68. The van der Waals surface area contributed by atoms with Crippen molar-refractivity contribution in [3.05, 3.63) is 23.8 Å². The quantitative estimate of drug-likeness (QED) is 0.768. The zero-order valence-electron chi connectivity index (χ0n) is 13.0. The van der Waals surface area contributed by atoms with Crippen molar-refractivity contribution < 1.29 is 24.5 Å². The molecule has 1 unspecified atom stereocenters. The minimum atomic E-state index is -0.662. The second-order valence-electron chi connectivity index (χ2n) is 7.06. The number of aromatic hydroxyl groups is 1. The minimum Gasteiger partial charge on any atom is -0.508 e. The second-order valence-corrected chi connectivity index (χ2v) is 7.06. The maximum absolute atomic E-state index is 12.0. The maximum atomic E-state index is 12.0. The fourth-order valence-corrected chi connectivity index (χ4v) is 2.92. The summed E-state index contributed by atoms with van der Waals surface area (Å²) in [5, 5.41) is 19.8. The van der Waals surface area contributed by atoms with Crippen LogP contribution in [0.15, 0.2) is 18.2 Å². The molecule has 1 spiro atoms. The SMILES string of the molecule is CC(C)(C)OC(=O)N1CC2(CC(O)c3ccc(O)cc3O2)C1. The van der Waals surface area contributed by atoms with Crippen LogP contribution in [0.25, 0.3) is 0 Å². The van der Waals surface area contributed by atoms with Crippen molar-refractivity contribution in [3.8, 4) is 11.5 Å². The second kappa shape index (κ2) is 4.78. The number of carbonyl (C=O) groups excluding carboxylic acids is 1. The maximum Gasteiger partial charge on any atom is 0.410 e. The summed E-state index contributed by atoms with van der Waals surface area (Å²) < 4.78 is 11.3. The van der Waals surface area contributed by atoms with Crippen molar-refractivity contribution >= 4 is 6.09 Å². The smallest absolute Gasteiger partial charge is 0.410 e. The van der Waals surface area contributed by atoms with Crippen LogP contribution in [0.2, 0.25) is 0 Å². The van der Waals surface area contributed by atoms with E-state index in [1.54, 1.807) is 11.0 Å². The van der Waals surface area contributed by atoms with Crippen LogP contribution in [0.4, 0.5) is 4.79 Å². The van der Waals surface area contributed by atoms with Gasteiger partial charge in [0.25, 0.3) is 0 Å². The van der Waals surface area contributed by atoms with Gasteiger partial charge in [0.05, 0.1) is 19.2 Å². The molecule has 120 valence electrons. The lowest BCUT2D eigenvalue weighted by Gasteiger charge is -2.52. The van der Waals surface area contributed by atoms with Gasteiger partial charge in [0.15, 0.2) is 0 Å². The molecule has 6 nitrogen and oxygen atoms in total. The molecule has 0 radical (unpaired) electrons. The summed E-state index contributed by atoms with van der Waals surface area (Å²) in [6.45, 7) is 6.20. The van der Waals surface area contributed by atoms with E-state index >= 15 is 0 Å². The number of ether oxygens (including phenoxy) is 2. The first-order valence-electron chi connectivity index (χ1n) is 7.35. The first kappa shape index (κ1) is 15.0. The van der Waals surface area contributed by atoms with Gasteiger partial charge in [0.1, 0.15) is 22.7 Å². The lowest BCUT2D eigenvalue weighted by atomic mass is 9.83. The lowest BCUT2D eigenvalue weighted by molar-refractivity contribution is -0.114. The van der Waals surface area contributed by atoms with Crippen molar-refractivity contribution in [2.45, 2.75) is 44.5 Å². The molecule has 1 saturated heterocycles. The highest BCUT2D eigenvalue weighted by Gasteiger charge is 2.52. The number of amides is 1. The summed E-state index contributed by atoms with van der Waals surface area (Å²) in [5.41, 5.74) is -0.471. The molecule has 1 aromatic rings. The summed E-state index contributed by atoms with van der Waals surface area (Å²) in [6, 6.07) is 4.68. The Morgan fingerprint density at radius 3 is 2.73 bits per heavy atom. The first-order chi connectivity index (χ1) is 10.2. The number of phenolic OH excluding ortho intramolecular Hbond substituents is 1. The van der Waals surface area contributed by atoms with Gasteiger partial charge >= 0.3 is 6.09 Å². The van der Waals surface area contributed by atoms with Gasteiger partial charge in [0, 0.05) is 18.1 Å². The van der Waals surface area contributed by atoms with Crippen LogP contribution in [0.5, 0.6) is 11.5 Å². The Morgan fingerprint density at radius 1 is 1.41 bits per heavy atom. The molecule has 0 bridgehead atoms. The number of hydrogen-bond acceptors (Lipinski definition) is 5. The fraction of sp³-hybridized carbons (Fsp3) is 0.562. The van der Waals surface area contributed by atoms with E-state index in [9.17, 15) is 15.0 Å². The molecule has 6 heteroatoms. The number of fused-ring (bicyclic) bond motifs is 1. The summed E-state index contributed by atoms with van der Waals surface area (Å²) in [5.74, 6) is 0.564. The average Bonchev–Trinajstić information content (AvgIpc) is 2.32. The monoisotopic (exact) mass is 307 g/mol. The topological polar surface area (TPSA) is 79.2 Å². The van der Waals surface area contributed by atoms with Gasteiger partial charge in [-0.05, 0) is 32.9 Å². The zero-order chi connectivity index (χ0) is 16.1. The number of carbonyl (C=O) groups is 1. The van der Waals surface area contributed by atoms with Crippen LogP contribution < -0.4 is 4.74 Å². The van der Waals surface area contributed by atoms with Gasteiger partial charge in [-0.2, -0.15) is 0 Å². The number of nitrogens with zero attached hydrogens (tertiary/aromatic N) is 1. The van der Waals surface area contributed by atoms with Crippen molar-refractivity contribution in [1.82, 2.24) is 4.90 Å². The van der Waals surface area contributed by atoms with Gasteiger partial charge in [-0.3, -0.25) is 0 Å². The molecule has 1 atom stereocenters. The molecular formula is C16H21NO5. The summed E-state index contributed by atoms with van der Waals surface area (Å²) in [7, 11) is 0. The van der Waals surface area contributed by atoms with E-state index in [1.165, 1.54) is 12.1 Å². The Hall–Kier alpha value is -1.95. The van der Waals surface area contributed by atoms with Crippen molar-refractivity contribution in [2.24, 2.45) is 0 Å². The Morgan fingerprint density at radius 2 is 2.09 bits per heavy atom. The largest absolute Gasteiger partial charge is 0.508 e. The standard InChI is InChI=1S/C16H21NO5/c1-15(2,3)22-14(20)17-8-16(9-17)7-12(19)11-5-4-10(18)6-13(11)21-16/h4-6,12,18-19H,7-9H2,1-3H3. The van der Waals surface area contributed by atoms with Gasteiger partial charge in [-0.1, -0.05) is 0 Å². The van der Waals surface area contributed by atoms with E-state index < -0.39 is 17.3 Å². The normalized spacial score (nSPS) is 22.5. The highest BCUT2D eigenvalue weighted by atomic mass is 16.6. The van der Waals surface area contributed by atoms with E-state index in [0.29, 0.717) is 30.8 Å². The van der Waals surface area contributed by atoms with Crippen LogP contribution in [-0.4, -0.2) is 45.5 Å². The summed E-state index contributed by atoms with van der Waals surface area (Å²) in [6.07, 6.45) is -0.618. The zero-order valence-corrected chi connectivity index (χ0v) is 13.0. The van der Waals surface area contributed by atoms with E-state index in [0.717, 1.165) is 0 Å². The third kappa shape index (κ3) is 2.70. The molecular weight excluding hydrogens is 286 g/mol. The highest BCUT2D eigenvalue weighted by Crippen LogP contribution is 2.45. The predicted molar refractivity (Wildman–Crippen MR) is 78.8 cm³/mol. The number of aliphatic hydroxyl groups excluding tert-OH is 1. The highest BCUT2D eigenvalue weighted by molar-refractivity contribution is 5.70. The van der Waals surface area contributed by atoms with E-state index in [4.69, 9.17) is 9.47 Å². The molecule has 3 rings (SSSR count). The van der Waals surface area contributed by atoms with Crippen LogP contribution >= 0.6 is 0 Å². The minimum absolute atomic E-state index is 0.0892. The molecule has 1 amide bonds. The molecule has 1 fully saturated rings. The molecule has 0 aromatic heterocycles. The van der Waals surface area contributed by atoms with Crippen molar-refractivity contribution in [2.75, 3.05) is 13.1 Å². The number of aliphatic hydroxyl groups is 1. The third-order valence-electron chi connectivity index (χ3n) is 3.86. The van der Waals surface area contributed by atoms with Gasteiger partial charge in [0.2, 0.25) is 0 Å². The van der Waals surface area contributed by atoms with Crippen LogP contribution in [0, 0.1) is 0 Å². The molecule has 0 aliphatic carbocycles. The van der Waals surface area contributed by atoms with Crippen molar-refractivity contribution in [3.63, 3.8) is 0 Å². The Labute approximate surface area is 129 Å². The van der Waals surface area contributed by atoms with Crippen LogP contribution in [0.3, 0.4) is 0 Å². The number of benzene rings is 1.